The van der Waals surface area contributed by atoms with Crippen LogP contribution in [0.25, 0.3) is 0 Å². The van der Waals surface area contributed by atoms with Crippen molar-refractivity contribution in [1.82, 2.24) is 0 Å². The molecule has 0 bridgehead atoms. The Bertz CT molecular complexity index is 708. The summed E-state index contributed by atoms with van der Waals surface area (Å²) in [5, 5.41) is 0. The molecule has 3 nitrogen and oxygen atoms in total. The fourth-order valence-corrected chi connectivity index (χ4v) is 3.95. The number of amides is 1. The van der Waals surface area contributed by atoms with Gasteiger partial charge in [0.1, 0.15) is 5.78 Å². The topological polar surface area (TPSA) is 37.4 Å². The van der Waals surface area contributed by atoms with Crippen molar-refractivity contribution in [1.29, 1.82) is 0 Å². The maximum Gasteiger partial charge on any atom is 0.416 e. The summed E-state index contributed by atoms with van der Waals surface area (Å²) in [7, 11) is 1.50. The molecular weight excluding hydrogens is 307 g/mol. The number of likely N-dealkylation sites (N-methyl/N-ethyl adjacent to an activating group) is 1. The van der Waals surface area contributed by atoms with Crippen LogP contribution in [0.1, 0.15) is 44.2 Å². The minimum absolute atomic E-state index is 0.0962. The number of anilines is 1. The second-order valence-corrected chi connectivity index (χ2v) is 7.16. The summed E-state index contributed by atoms with van der Waals surface area (Å²) >= 11 is 0. The first-order valence-electron chi connectivity index (χ1n) is 7.52. The van der Waals surface area contributed by atoms with Crippen molar-refractivity contribution in [3.63, 3.8) is 0 Å². The molecule has 1 aliphatic heterocycles. The Labute approximate surface area is 132 Å². The van der Waals surface area contributed by atoms with Crippen molar-refractivity contribution in [3.8, 4) is 0 Å². The van der Waals surface area contributed by atoms with Crippen molar-refractivity contribution in [2.45, 2.75) is 44.7 Å². The fraction of sp³-hybridized carbons (Fsp3) is 0.529. The van der Waals surface area contributed by atoms with E-state index in [1.54, 1.807) is 13.8 Å². The van der Waals surface area contributed by atoms with Crippen molar-refractivity contribution < 1.29 is 22.8 Å². The van der Waals surface area contributed by atoms with E-state index < -0.39 is 22.6 Å². The molecular formula is C17H18F3NO2. The zero-order chi connectivity index (χ0) is 17.2. The highest BCUT2D eigenvalue weighted by molar-refractivity contribution is 6.09. The van der Waals surface area contributed by atoms with Crippen molar-refractivity contribution in [2.24, 2.45) is 5.41 Å². The van der Waals surface area contributed by atoms with E-state index in [2.05, 4.69) is 0 Å². The van der Waals surface area contributed by atoms with E-state index >= 15 is 0 Å². The standard InChI is InChI=1S/C17H18F3NO2/c1-15(2)9-16(7-6-13(15)22)11-5-4-10(17(18,19)20)8-12(11)21(3)14(16)23/h4-5,8H,6-7,9H2,1-3H3. The summed E-state index contributed by atoms with van der Waals surface area (Å²) in [6, 6.07) is 3.47. The van der Waals surface area contributed by atoms with Crippen LogP contribution in [-0.2, 0) is 21.2 Å². The molecule has 124 valence electrons. The van der Waals surface area contributed by atoms with Crippen molar-refractivity contribution in [2.75, 3.05) is 11.9 Å². The Balaban J connectivity index is 2.14. The van der Waals surface area contributed by atoms with Gasteiger partial charge in [-0.3, -0.25) is 9.59 Å². The number of hydrogen-bond acceptors (Lipinski definition) is 2. The predicted octanol–water partition coefficient (Wildman–Crippen LogP) is 3.70. The van der Waals surface area contributed by atoms with Crippen molar-refractivity contribution in [3.05, 3.63) is 29.3 Å². The van der Waals surface area contributed by atoms with Crippen LogP contribution in [0.5, 0.6) is 0 Å². The Morgan fingerprint density at radius 1 is 1.17 bits per heavy atom. The number of carbonyl (C=O) groups is 2. The molecule has 1 atom stereocenters. The molecule has 0 aromatic heterocycles. The van der Waals surface area contributed by atoms with E-state index in [1.165, 1.54) is 18.0 Å². The van der Waals surface area contributed by atoms with Crippen LogP contribution in [0.15, 0.2) is 18.2 Å². The summed E-state index contributed by atoms with van der Waals surface area (Å²) in [6.45, 7) is 3.59. The highest BCUT2D eigenvalue weighted by Crippen LogP contribution is 2.54. The first kappa shape index (κ1) is 16.0. The summed E-state index contributed by atoms with van der Waals surface area (Å²) < 4.78 is 38.8. The SMILES string of the molecule is CN1C(=O)C2(CCC(=O)C(C)(C)C2)c2ccc(C(F)(F)F)cc21. The van der Waals surface area contributed by atoms with E-state index in [4.69, 9.17) is 0 Å². The van der Waals surface area contributed by atoms with Crippen LogP contribution < -0.4 is 4.90 Å². The number of halogens is 3. The van der Waals surface area contributed by atoms with Crippen LogP contribution in [0.4, 0.5) is 18.9 Å². The summed E-state index contributed by atoms with van der Waals surface area (Å²) in [4.78, 5) is 26.2. The van der Waals surface area contributed by atoms with Gasteiger partial charge in [0.05, 0.1) is 11.0 Å². The maximum atomic E-state index is 12.9. The van der Waals surface area contributed by atoms with Gasteiger partial charge in [0.25, 0.3) is 0 Å². The number of hydrogen-bond donors (Lipinski definition) is 0. The number of alkyl halides is 3. The smallest absolute Gasteiger partial charge is 0.314 e. The maximum absolute atomic E-state index is 12.9. The molecule has 1 aromatic carbocycles. The third-order valence-corrected chi connectivity index (χ3v) is 5.19. The highest BCUT2D eigenvalue weighted by atomic mass is 19.4. The van der Waals surface area contributed by atoms with Gasteiger partial charge in [0, 0.05) is 24.6 Å². The summed E-state index contributed by atoms with van der Waals surface area (Å²) in [6.07, 6.45) is -3.49. The first-order valence-corrected chi connectivity index (χ1v) is 7.52. The van der Waals surface area contributed by atoms with Gasteiger partial charge in [-0.2, -0.15) is 13.2 Å². The number of fused-ring (bicyclic) bond motifs is 2. The molecule has 1 amide bonds. The van der Waals surface area contributed by atoms with E-state index in [0.29, 0.717) is 24.1 Å². The largest absolute Gasteiger partial charge is 0.416 e. The number of ketones is 1. The van der Waals surface area contributed by atoms with E-state index in [9.17, 15) is 22.8 Å². The second kappa shape index (κ2) is 4.58. The molecule has 6 heteroatoms. The Hall–Kier alpha value is -1.85. The number of benzene rings is 1. The monoisotopic (exact) mass is 325 g/mol. The van der Waals surface area contributed by atoms with Gasteiger partial charge >= 0.3 is 6.18 Å². The van der Waals surface area contributed by atoms with Crippen molar-refractivity contribution >= 4 is 17.4 Å². The van der Waals surface area contributed by atoms with Crippen LogP contribution in [-0.4, -0.2) is 18.7 Å². The molecule has 2 aliphatic rings. The fourth-order valence-electron chi connectivity index (χ4n) is 3.95. The molecule has 1 aromatic rings. The van der Waals surface area contributed by atoms with Gasteiger partial charge in [-0.25, -0.2) is 0 Å². The molecule has 1 saturated carbocycles. The lowest BCUT2D eigenvalue weighted by atomic mass is 9.60. The molecule has 0 N–H and O–H groups in total. The Kier molecular flexibility index (Phi) is 3.19. The lowest BCUT2D eigenvalue weighted by Gasteiger charge is -2.40. The minimum atomic E-state index is -4.45. The van der Waals surface area contributed by atoms with E-state index in [0.717, 1.165) is 12.1 Å². The quantitative estimate of drug-likeness (QED) is 0.729. The highest BCUT2D eigenvalue weighted by Gasteiger charge is 2.56. The molecule has 1 heterocycles. The molecule has 23 heavy (non-hydrogen) atoms. The Morgan fingerprint density at radius 3 is 2.39 bits per heavy atom. The van der Waals surface area contributed by atoms with E-state index in [1.807, 2.05) is 0 Å². The zero-order valence-electron chi connectivity index (χ0n) is 13.3. The number of carbonyl (C=O) groups excluding carboxylic acids is 2. The average Bonchev–Trinajstić information content (AvgIpc) is 2.65. The average molecular weight is 325 g/mol. The van der Waals surface area contributed by atoms with Crippen LogP contribution >= 0.6 is 0 Å². The van der Waals surface area contributed by atoms with Gasteiger partial charge in [-0.1, -0.05) is 19.9 Å². The second-order valence-electron chi connectivity index (χ2n) is 7.16. The zero-order valence-corrected chi connectivity index (χ0v) is 13.3. The molecule has 0 radical (unpaired) electrons. The molecule has 1 aliphatic carbocycles. The number of Topliss-reactive ketones (excluding diaryl/α,β-unsaturated/α-hetero) is 1. The van der Waals surface area contributed by atoms with Gasteiger partial charge in [0.15, 0.2) is 0 Å². The van der Waals surface area contributed by atoms with Crippen LogP contribution in [0, 0.1) is 5.41 Å². The summed E-state index contributed by atoms with van der Waals surface area (Å²) in [5.74, 6) is -0.119. The first-order chi connectivity index (χ1) is 10.5. The summed E-state index contributed by atoms with van der Waals surface area (Å²) in [5.41, 5.74) is -1.39. The Morgan fingerprint density at radius 2 is 1.83 bits per heavy atom. The van der Waals surface area contributed by atoms with Crippen LogP contribution in [0.2, 0.25) is 0 Å². The predicted molar refractivity (Wildman–Crippen MR) is 79.2 cm³/mol. The van der Waals surface area contributed by atoms with Gasteiger partial charge < -0.3 is 4.90 Å². The van der Waals surface area contributed by atoms with Gasteiger partial charge in [-0.15, -0.1) is 0 Å². The number of rotatable bonds is 0. The van der Waals surface area contributed by atoms with Gasteiger partial charge in [-0.05, 0) is 30.5 Å². The molecule has 0 saturated heterocycles. The van der Waals surface area contributed by atoms with E-state index in [-0.39, 0.29) is 18.1 Å². The van der Waals surface area contributed by atoms with Gasteiger partial charge in [0.2, 0.25) is 5.91 Å². The molecule has 3 rings (SSSR count). The lowest BCUT2D eigenvalue weighted by Crippen LogP contribution is -2.47. The number of nitrogens with zero attached hydrogens (tertiary/aromatic N) is 1. The third-order valence-electron chi connectivity index (χ3n) is 5.19. The molecule has 1 unspecified atom stereocenters. The lowest BCUT2D eigenvalue weighted by molar-refractivity contribution is -0.137. The van der Waals surface area contributed by atoms with Crippen LogP contribution in [0.3, 0.4) is 0 Å². The minimum Gasteiger partial charge on any atom is -0.314 e. The third kappa shape index (κ3) is 2.18. The molecule has 1 fully saturated rings. The molecule has 1 spiro atoms. The normalized spacial score (nSPS) is 26.8.